The minimum atomic E-state index is -0.829. The third-order valence-corrected chi connectivity index (χ3v) is 4.01. The molecule has 0 fully saturated rings. The summed E-state index contributed by atoms with van der Waals surface area (Å²) in [5.41, 5.74) is 1.32. The van der Waals surface area contributed by atoms with Crippen LogP contribution in [0.25, 0.3) is 0 Å². The molecule has 0 aromatic heterocycles. The van der Waals surface area contributed by atoms with Gasteiger partial charge < -0.3 is 9.47 Å². The number of fused-ring (bicyclic) bond motifs is 1. The summed E-state index contributed by atoms with van der Waals surface area (Å²) in [6.07, 6.45) is -0.132. The van der Waals surface area contributed by atoms with Crippen LogP contribution in [0.3, 0.4) is 0 Å². The van der Waals surface area contributed by atoms with Crippen LogP contribution < -0.4 is 0 Å². The molecule has 1 aliphatic rings. The van der Waals surface area contributed by atoms with Crippen molar-refractivity contribution in [3.05, 3.63) is 39.4 Å². The van der Waals surface area contributed by atoms with Gasteiger partial charge in [-0.2, -0.15) is 0 Å². The first-order chi connectivity index (χ1) is 10.8. The number of hydrogen-bond acceptors (Lipinski definition) is 6. The van der Waals surface area contributed by atoms with E-state index in [-0.39, 0.29) is 11.6 Å². The smallest absolute Gasteiger partial charge is 0.303 e. The lowest BCUT2D eigenvalue weighted by Gasteiger charge is -2.37. The lowest BCUT2D eigenvalue weighted by molar-refractivity contribution is -0.385. The van der Waals surface area contributed by atoms with Gasteiger partial charge in [0.15, 0.2) is 6.10 Å². The van der Waals surface area contributed by atoms with Crippen LogP contribution in [0, 0.1) is 16.0 Å². The SMILES string of the molecule is CCC1Cc2ccc([N+](=O)[O-])cc2C(OC(C)=O)C1OC(C)=O. The molecule has 7 nitrogen and oxygen atoms in total. The fraction of sp³-hybridized carbons (Fsp3) is 0.500. The van der Waals surface area contributed by atoms with Crippen molar-refractivity contribution in [2.24, 2.45) is 5.92 Å². The molecule has 23 heavy (non-hydrogen) atoms. The van der Waals surface area contributed by atoms with Gasteiger partial charge in [-0.05, 0) is 18.4 Å². The summed E-state index contributed by atoms with van der Waals surface area (Å²) in [6, 6.07) is 4.50. The van der Waals surface area contributed by atoms with Gasteiger partial charge in [0.2, 0.25) is 0 Å². The second-order valence-corrected chi connectivity index (χ2v) is 5.62. The molecule has 0 bridgehead atoms. The maximum Gasteiger partial charge on any atom is 0.303 e. The number of ether oxygens (including phenoxy) is 2. The van der Waals surface area contributed by atoms with E-state index in [2.05, 4.69) is 0 Å². The number of rotatable bonds is 4. The molecule has 124 valence electrons. The van der Waals surface area contributed by atoms with E-state index >= 15 is 0 Å². The van der Waals surface area contributed by atoms with Crippen molar-refractivity contribution in [2.45, 2.75) is 45.8 Å². The van der Waals surface area contributed by atoms with Crippen LogP contribution in [-0.4, -0.2) is 23.0 Å². The molecule has 0 radical (unpaired) electrons. The molecular weight excluding hydrogens is 302 g/mol. The second-order valence-electron chi connectivity index (χ2n) is 5.62. The zero-order chi connectivity index (χ0) is 17.1. The van der Waals surface area contributed by atoms with Crippen molar-refractivity contribution in [1.82, 2.24) is 0 Å². The number of esters is 2. The number of nitro groups is 1. The van der Waals surface area contributed by atoms with Crippen LogP contribution in [0.15, 0.2) is 18.2 Å². The lowest BCUT2D eigenvalue weighted by atomic mass is 9.78. The third kappa shape index (κ3) is 3.67. The van der Waals surface area contributed by atoms with Gasteiger partial charge in [0, 0.05) is 37.5 Å². The summed E-state index contributed by atoms with van der Waals surface area (Å²) in [5.74, 6) is -1.02. The lowest BCUT2D eigenvalue weighted by Crippen LogP contribution is -2.39. The highest BCUT2D eigenvalue weighted by Gasteiger charge is 2.41. The first-order valence-electron chi connectivity index (χ1n) is 7.45. The van der Waals surface area contributed by atoms with Crippen molar-refractivity contribution in [2.75, 3.05) is 0 Å². The highest BCUT2D eigenvalue weighted by Crippen LogP contribution is 2.40. The van der Waals surface area contributed by atoms with Crippen molar-refractivity contribution < 1.29 is 24.0 Å². The average molecular weight is 321 g/mol. The molecule has 0 saturated carbocycles. The molecule has 1 aromatic rings. The largest absolute Gasteiger partial charge is 0.458 e. The molecule has 7 heteroatoms. The summed E-state index contributed by atoms with van der Waals surface area (Å²) in [7, 11) is 0. The number of carbonyl (C=O) groups is 2. The van der Waals surface area contributed by atoms with E-state index in [1.807, 2.05) is 6.92 Å². The van der Waals surface area contributed by atoms with E-state index in [4.69, 9.17) is 9.47 Å². The van der Waals surface area contributed by atoms with Crippen LogP contribution in [0.2, 0.25) is 0 Å². The standard InChI is InChI=1S/C16H19NO6/c1-4-11-7-12-5-6-13(17(20)21)8-14(12)16(23-10(3)19)15(11)22-9(2)18/h5-6,8,11,15-16H,4,7H2,1-3H3. The van der Waals surface area contributed by atoms with E-state index in [0.717, 1.165) is 12.0 Å². The monoisotopic (exact) mass is 321 g/mol. The molecule has 0 heterocycles. The van der Waals surface area contributed by atoms with Gasteiger partial charge in [0.25, 0.3) is 5.69 Å². The Hall–Kier alpha value is -2.44. The number of nitrogens with zero attached hydrogens (tertiary/aromatic N) is 1. The Kier molecular flexibility index (Phi) is 4.98. The summed E-state index contributed by atoms with van der Waals surface area (Å²) >= 11 is 0. The Morgan fingerprint density at radius 1 is 1.26 bits per heavy atom. The van der Waals surface area contributed by atoms with Gasteiger partial charge in [-0.3, -0.25) is 19.7 Å². The number of nitro benzene ring substituents is 1. The van der Waals surface area contributed by atoms with E-state index in [1.54, 1.807) is 6.07 Å². The minimum Gasteiger partial charge on any atom is -0.458 e. The molecule has 2 rings (SSSR count). The van der Waals surface area contributed by atoms with Gasteiger partial charge in [-0.1, -0.05) is 13.0 Å². The van der Waals surface area contributed by atoms with E-state index in [9.17, 15) is 19.7 Å². The van der Waals surface area contributed by atoms with E-state index < -0.39 is 29.1 Å². The van der Waals surface area contributed by atoms with Gasteiger partial charge in [-0.15, -0.1) is 0 Å². The van der Waals surface area contributed by atoms with Crippen molar-refractivity contribution in [3.63, 3.8) is 0 Å². The predicted molar refractivity (Wildman–Crippen MR) is 80.6 cm³/mol. The normalized spacial score (nSPS) is 22.8. The molecule has 0 aliphatic heterocycles. The van der Waals surface area contributed by atoms with Crippen LogP contribution in [0.5, 0.6) is 0 Å². The molecule has 0 N–H and O–H groups in total. The third-order valence-electron chi connectivity index (χ3n) is 4.01. The van der Waals surface area contributed by atoms with Crippen LogP contribution in [-0.2, 0) is 25.5 Å². The quantitative estimate of drug-likeness (QED) is 0.480. The van der Waals surface area contributed by atoms with Crippen molar-refractivity contribution in [3.8, 4) is 0 Å². The van der Waals surface area contributed by atoms with Crippen LogP contribution in [0.1, 0.15) is 44.4 Å². The number of carbonyl (C=O) groups excluding carboxylic acids is 2. The summed E-state index contributed by atoms with van der Waals surface area (Å²) in [4.78, 5) is 33.4. The Morgan fingerprint density at radius 2 is 1.91 bits per heavy atom. The maximum absolute atomic E-state index is 11.5. The van der Waals surface area contributed by atoms with Crippen molar-refractivity contribution in [1.29, 1.82) is 0 Å². The summed E-state index contributed by atoms with van der Waals surface area (Å²) < 4.78 is 10.7. The molecule has 0 amide bonds. The fourth-order valence-electron chi connectivity index (χ4n) is 3.01. The number of non-ortho nitro benzene ring substituents is 1. The zero-order valence-corrected chi connectivity index (χ0v) is 13.3. The Bertz CT molecular complexity index is 641. The Morgan fingerprint density at radius 3 is 2.43 bits per heavy atom. The summed E-state index contributed by atoms with van der Waals surface area (Å²) in [6.45, 7) is 4.51. The molecule has 1 aliphatic carbocycles. The first kappa shape index (κ1) is 16.9. The minimum absolute atomic E-state index is 0.0165. The molecular formula is C16H19NO6. The molecule has 3 atom stereocenters. The Balaban J connectivity index is 2.51. The molecule has 0 spiro atoms. The average Bonchev–Trinajstić information content (AvgIpc) is 2.47. The zero-order valence-electron chi connectivity index (χ0n) is 13.3. The van der Waals surface area contributed by atoms with Gasteiger partial charge in [-0.25, -0.2) is 0 Å². The predicted octanol–water partition coefficient (Wildman–Crippen LogP) is 2.71. The first-order valence-corrected chi connectivity index (χ1v) is 7.45. The summed E-state index contributed by atoms with van der Waals surface area (Å²) in [5, 5.41) is 11.0. The number of hydrogen-bond donors (Lipinski definition) is 0. The van der Waals surface area contributed by atoms with Crippen LogP contribution in [0.4, 0.5) is 5.69 Å². The van der Waals surface area contributed by atoms with E-state index in [0.29, 0.717) is 12.0 Å². The number of benzene rings is 1. The van der Waals surface area contributed by atoms with E-state index in [1.165, 1.54) is 26.0 Å². The Labute approximate surface area is 133 Å². The van der Waals surface area contributed by atoms with Gasteiger partial charge in [0.1, 0.15) is 6.10 Å². The highest BCUT2D eigenvalue weighted by molar-refractivity contribution is 5.68. The molecule has 3 unspecified atom stereocenters. The molecule has 1 aromatic carbocycles. The maximum atomic E-state index is 11.5. The molecule has 0 saturated heterocycles. The van der Waals surface area contributed by atoms with Gasteiger partial charge >= 0.3 is 11.9 Å². The highest BCUT2D eigenvalue weighted by atomic mass is 16.6. The fourth-order valence-corrected chi connectivity index (χ4v) is 3.01. The van der Waals surface area contributed by atoms with Crippen LogP contribution >= 0.6 is 0 Å². The topological polar surface area (TPSA) is 95.7 Å². The van der Waals surface area contributed by atoms with Gasteiger partial charge in [0.05, 0.1) is 4.92 Å². The second kappa shape index (κ2) is 6.76. The van der Waals surface area contributed by atoms with Crippen molar-refractivity contribution >= 4 is 17.6 Å².